The van der Waals surface area contributed by atoms with Crippen molar-refractivity contribution in [1.29, 1.82) is 0 Å². The van der Waals surface area contributed by atoms with Crippen molar-refractivity contribution in [1.82, 2.24) is 25.8 Å². The summed E-state index contributed by atoms with van der Waals surface area (Å²) in [6, 6.07) is 20.2. The smallest absolute Gasteiger partial charge is 0.268 e. The maximum absolute atomic E-state index is 12.8. The first-order chi connectivity index (χ1) is 37.3. The van der Waals surface area contributed by atoms with Gasteiger partial charge in [-0.2, -0.15) is 0 Å². The Morgan fingerprint density at radius 2 is 1.09 bits per heavy atom. The topological polar surface area (TPSA) is 219 Å². The number of likely N-dealkylation sites (N-methyl/N-ethyl adjacent to an activating group) is 2. The molecule has 2 heterocycles. The number of ketones is 1. The predicted octanol–water partition coefficient (Wildman–Crippen LogP) is 5.79. The van der Waals surface area contributed by atoms with Gasteiger partial charge in [0, 0.05) is 44.3 Å². The molecule has 420 valence electrons. The first-order valence-electron chi connectivity index (χ1n) is 25.1. The molecule has 0 bridgehead atoms. The Bertz CT molecular complexity index is 2270. The van der Waals surface area contributed by atoms with Gasteiger partial charge in [-0.05, 0) is 48.1 Å². The van der Waals surface area contributed by atoms with E-state index in [4.69, 9.17) is 42.9 Å². The minimum atomic E-state index is -0.731. The summed E-state index contributed by atoms with van der Waals surface area (Å²) >= 11 is 0. The van der Waals surface area contributed by atoms with Gasteiger partial charge in [0.05, 0.1) is 107 Å². The summed E-state index contributed by atoms with van der Waals surface area (Å²) in [5.74, 6) is -2.17. The van der Waals surface area contributed by atoms with Gasteiger partial charge in [0.2, 0.25) is 5.91 Å². The van der Waals surface area contributed by atoms with Crippen molar-refractivity contribution in [3.8, 4) is 0 Å². The van der Waals surface area contributed by atoms with Gasteiger partial charge in [-0.25, -0.2) is 15.2 Å². The van der Waals surface area contributed by atoms with Gasteiger partial charge in [0.15, 0.2) is 5.78 Å². The van der Waals surface area contributed by atoms with Crippen molar-refractivity contribution >= 4 is 35.3 Å². The van der Waals surface area contributed by atoms with Crippen LogP contribution in [0.1, 0.15) is 73.4 Å². The molecule has 0 aromatic heterocycles. The minimum Gasteiger partial charge on any atom is -0.375 e. The van der Waals surface area contributed by atoms with Gasteiger partial charge in [-0.15, -0.1) is 13.2 Å². The number of allylic oxidation sites excluding steroid dienone is 1. The van der Waals surface area contributed by atoms with Gasteiger partial charge in [-0.1, -0.05) is 97.1 Å². The first kappa shape index (κ1) is 64.6. The number of carbonyl (C=O) groups excluding carboxylic acids is 6. The number of ether oxygens (including phenoxy) is 6. The Morgan fingerprint density at radius 3 is 1.58 bits per heavy atom. The van der Waals surface area contributed by atoms with E-state index in [-0.39, 0.29) is 41.7 Å². The highest BCUT2D eigenvalue weighted by Crippen LogP contribution is 2.20. The van der Waals surface area contributed by atoms with Crippen LogP contribution < -0.4 is 10.6 Å². The van der Waals surface area contributed by atoms with Crippen LogP contribution in [0.25, 0.3) is 0 Å². The second-order valence-corrected chi connectivity index (χ2v) is 17.0. The van der Waals surface area contributed by atoms with Crippen LogP contribution in [0.5, 0.6) is 0 Å². The van der Waals surface area contributed by atoms with Gasteiger partial charge < -0.3 is 39.1 Å². The fourth-order valence-electron chi connectivity index (χ4n) is 7.31. The number of rotatable bonds is 18. The van der Waals surface area contributed by atoms with Gasteiger partial charge in [0.25, 0.3) is 23.6 Å². The van der Waals surface area contributed by atoms with Crippen LogP contribution in [0.3, 0.4) is 0 Å². The molecule has 0 fully saturated rings. The van der Waals surface area contributed by atoms with Crippen molar-refractivity contribution in [3.05, 3.63) is 156 Å². The molecule has 2 aliphatic heterocycles. The fourth-order valence-corrected chi connectivity index (χ4v) is 7.31. The number of fused-ring (bicyclic) bond motifs is 2. The number of hydrogen-bond acceptors (Lipinski definition) is 15. The van der Waals surface area contributed by atoms with E-state index in [9.17, 15) is 28.8 Å². The lowest BCUT2D eigenvalue weighted by Crippen LogP contribution is -2.47. The maximum atomic E-state index is 12.8. The molecule has 0 unspecified atom stereocenters. The third-order valence-electron chi connectivity index (χ3n) is 11.7. The molecule has 2 aliphatic rings. The molecular weight excluding hydrogens is 995 g/mol. The monoisotopic (exact) mass is 1070 g/mol. The highest BCUT2D eigenvalue weighted by Gasteiger charge is 2.28. The van der Waals surface area contributed by atoms with E-state index in [2.05, 4.69) is 23.8 Å². The average molecular weight is 1070 g/mol. The molecule has 0 spiro atoms. The Balaban J connectivity index is 0.000000304. The second kappa shape index (κ2) is 37.9. The van der Waals surface area contributed by atoms with Crippen molar-refractivity contribution < 1.29 is 71.7 Å². The van der Waals surface area contributed by atoms with E-state index >= 15 is 0 Å². The quantitative estimate of drug-likeness (QED) is 0.0667. The summed E-state index contributed by atoms with van der Waals surface area (Å²) in [5, 5.41) is 8.92. The van der Waals surface area contributed by atoms with Crippen LogP contribution in [0.4, 0.5) is 0 Å². The summed E-state index contributed by atoms with van der Waals surface area (Å²) in [4.78, 5) is 90.2. The summed E-state index contributed by atoms with van der Waals surface area (Å²) < 4.78 is 32.8. The lowest BCUT2D eigenvalue weighted by molar-refractivity contribution is -0.173. The van der Waals surface area contributed by atoms with Crippen LogP contribution >= 0.6 is 0 Å². The van der Waals surface area contributed by atoms with Crippen LogP contribution in [-0.2, 0) is 77.1 Å². The van der Waals surface area contributed by atoms with Crippen molar-refractivity contribution in [3.63, 3.8) is 0 Å². The van der Waals surface area contributed by atoms with E-state index in [1.807, 2.05) is 60.7 Å². The van der Waals surface area contributed by atoms with E-state index in [1.54, 1.807) is 48.6 Å². The molecule has 0 saturated carbocycles. The molecular formula is C57H77N5O15. The molecule has 20 heteroatoms. The lowest BCUT2D eigenvalue weighted by Gasteiger charge is -2.22. The van der Waals surface area contributed by atoms with E-state index in [1.165, 1.54) is 42.5 Å². The van der Waals surface area contributed by atoms with Crippen LogP contribution in [-0.4, -0.2) is 165 Å². The number of benzene rings is 3. The Kier molecular flexibility index (Phi) is 31.8. The summed E-state index contributed by atoms with van der Waals surface area (Å²) in [6.07, 6.45) is 11.7. The van der Waals surface area contributed by atoms with E-state index in [0.717, 1.165) is 31.9 Å². The maximum Gasteiger partial charge on any atom is 0.268 e. The van der Waals surface area contributed by atoms with Gasteiger partial charge in [0.1, 0.15) is 12.1 Å². The molecule has 20 nitrogen and oxygen atoms in total. The molecule has 5 rings (SSSR count). The van der Waals surface area contributed by atoms with E-state index < -0.39 is 18.0 Å². The fraction of sp³-hybridized carbons (Fsp3) is 0.439. The molecule has 0 aliphatic carbocycles. The summed E-state index contributed by atoms with van der Waals surface area (Å²) in [5.41, 5.74) is 3.85. The number of carbonyl (C=O) groups is 6. The van der Waals surface area contributed by atoms with Crippen molar-refractivity contribution in [2.75, 3.05) is 102 Å². The number of hydroxylamine groups is 6. The SMILES string of the molecule is C=CCOCCOCc1ccccc1C(=O)C[C@@H](CC=C)C(=O)N(C)OC.CON(C)C(=O)[C@@H]1C/C=C/COCCOCc2ccccc2C(=O)N1.CON(C)C(=O)[C@@H]1C/C=C\COCCOCc2ccccc2C(=O)N1. The van der Waals surface area contributed by atoms with Crippen LogP contribution in [0.15, 0.2) is 122 Å². The number of nitrogens with zero attached hydrogens (tertiary/aromatic N) is 3. The molecule has 3 atom stereocenters. The summed E-state index contributed by atoms with van der Waals surface area (Å²) in [7, 11) is 8.76. The normalized spacial score (nSPS) is 17.5. The number of nitrogens with one attached hydrogen (secondary N) is 2. The molecule has 2 N–H and O–H groups in total. The van der Waals surface area contributed by atoms with Gasteiger partial charge in [-0.3, -0.25) is 43.3 Å². The zero-order chi connectivity index (χ0) is 56.2. The zero-order valence-electron chi connectivity index (χ0n) is 45.3. The number of amides is 5. The van der Waals surface area contributed by atoms with Crippen LogP contribution in [0.2, 0.25) is 0 Å². The Morgan fingerprint density at radius 1 is 0.623 bits per heavy atom. The highest BCUT2D eigenvalue weighted by molar-refractivity contribution is 6.00. The molecule has 0 saturated heterocycles. The van der Waals surface area contributed by atoms with Crippen molar-refractivity contribution in [2.45, 2.75) is 57.6 Å². The second-order valence-electron chi connectivity index (χ2n) is 17.0. The molecule has 3 aromatic rings. The standard InChI is InChI=1S/C21H29NO5.2C18H24N2O5/c1-5-9-17(21(24)22(3)25-4)15-20(23)19-11-8-7-10-18(19)16-27-14-13-26-12-6-2;2*1-20(23-2)18(22)16-9-5-6-10-24-11-12-25-13-14-7-3-4-8-15(14)17(21)19-16/h5-8,10-11,17H,1-2,9,12-16H2,3-4H3;2*3-8,16H,9-13H2,1-2H3,(H,19,21)/b;6-5+;6-5-/t17-;2*16-/m100/s1. The molecule has 5 amide bonds. The van der Waals surface area contributed by atoms with Crippen LogP contribution in [0, 0.1) is 5.92 Å². The third kappa shape index (κ3) is 23.6. The zero-order valence-corrected chi connectivity index (χ0v) is 45.3. The number of hydrogen-bond donors (Lipinski definition) is 2. The molecule has 77 heavy (non-hydrogen) atoms. The average Bonchev–Trinajstić information content (AvgIpc) is 3.45. The largest absolute Gasteiger partial charge is 0.375 e. The van der Waals surface area contributed by atoms with Gasteiger partial charge >= 0.3 is 0 Å². The lowest BCUT2D eigenvalue weighted by atomic mass is 9.92. The first-order valence-corrected chi connectivity index (χ1v) is 25.1. The molecule has 3 aromatic carbocycles. The minimum absolute atomic E-state index is 0.0814. The number of Topliss-reactive ketones (excluding diaryl/α,β-unsaturated/α-hetero) is 1. The Labute approximate surface area is 452 Å². The third-order valence-corrected chi connectivity index (χ3v) is 11.7. The predicted molar refractivity (Wildman–Crippen MR) is 288 cm³/mol. The van der Waals surface area contributed by atoms with E-state index in [0.29, 0.717) is 115 Å². The Hall–Kier alpha value is -6.72. The van der Waals surface area contributed by atoms with Crippen molar-refractivity contribution in [2.24, 2.45) is 5.92 Å². The highest BCUT2D eigenvalue weighted by atomic mass is 16.7. The molecule has 0 radical (unpaired) electrons. The summed E-state index contributed by atoms with van der Waals surface area (Å²) in [6.45, 7) is 12.2.